The lowest BCUT2D eigenvalue weighted by molar-refractivity contribution is -0.384. The lowest BCUT2D eigenvalue weighted by Crippen LogP contribution is -2.09. The predicted octanol–water partition coefficient (Wildman–Crippen LogP) is 2.74. The first-order valence-electron chi connectivity index (χ1n) is 6.23. The van der Waals surface area contributed by atoms with Gasteiger partial charge in [0, 0.05) is 37.6 Å². The van der Waals surface area contributed by atoms with E-state index in [1.54, 1.807) is 12.1 Å². The first-order valence-corrected chi connectivity index (χ1v) is 6.23. The summed E-state index contributed by atoms with van der Waals surface area (Å²) in [5.74, 6) is 0.622. The van der Waals surface area contributed by atoms with Crippen molar-refractivity contribution in [2.75, 3.05) is 25.1 Å². The molecule has 1 aliphatic heterocycles. The van der Waals surface area contributed by atoms with Crippen LogP contribution in [0, 0.1) is 23.0 Å². The molecule has 1 atom stereocenters. The van der Waals surface area contributed by atoms with Crippen LogP contribution in [0.1, 0.15) is 18.4 Å². The van der Waals surface area contributed by atoms with Crippen molar-refractivity contribution in [2.45, 2.75) is 19.8 Å². The molecule has 2 rings (SSSR count). The molecule has 1 aromatic rings. The average molecular weight is 250 g/mol. The van der Waals surface area contributed by atoms with Crippen LogP contribution in [0.3, 0.4) is 0 Å². The third-order valence-corrected chi connectivity index (χ3v) is 3.32. The number of nitrogens with one attached hydrogen (secondary N) is 1. The number of benzene rings is 1. The number of nitro groups is 1. The molecule has 1 saturated heterocycles. The molecule has 0 aliphatic carbocycles. The van der Waals surface area contributed by atoms with Crippen LogP contribution in [0.25, 0.3) is 0 Å². The van der Waals surface area contributed by atoms with Gasteiger partial charge in [0.2, 0.25) is 0 Å². The Morgan fingerprint density at radius 1 is 1.56 bits per heavy atom. The summed E-state index contributed by atoms with van der Waals surface area (Å²) in [6.45, 7) is 4.48. The van der Waals surface area contributed by atoms with Gasteiger partial charge in [0.1, 0.15) is 0 Å². The summed E-state index contributed by atoms with van der Waals surface area (Å²) in [7, 11) is 0. The van der Waals surface area contributed by atoms with Gasteiger partial charge in [-0.1, -0.05) is 6.07 Å². The van der Waals surface area contributed by atoms with Crippen molar-refractivity contribution in [1.82, 2.24) is 0 Å². The molecule has 1 aliphatic rings. The maximum atomic E-state index is 10.7. The Balaban J connectivity index is 1.91. The molecule has 0 bridgehead atoms. The van der Waals surface area contributed by atoms with E-state index in [0.717, 1.165) is 43.9 Å². The molecule has 0 aromatic heterocycles. The van der Waals surface area contributed by atoms with Crippen molar-refractivity contribution in [3.05, 3.63) is 33.9 Å². The summed E-state index contributed by atoms with van der Waals surface area (Å²) in [5.41, 5.74) is 2.01. The highest BCUT2D eigenvalue weighted by Gasteiger charge is 2.15. The summed E-state index contributed by atoms with van der Waals surface area (Å²) in [6, 6.07) is 4.91. The fraction of sp³-hybridized carbons (Fsp3) is 0.538. The zero-order valence-electron chi connectivity index (χ0n) is 10.5. The number of rotatable bonds is 5. The maximum Gasteiger partial charge on any atom is 0.271 e. The third-order valence-electron chi connectivity index (χ3n) is 3.32. The van der Waals surface area contributed by atoms with Crippen LogP contribution in [0.15, 0.2) is 18.2 Å². The number of anilines is 1. The van der Waals surface area contributed by atoms with Gasteiger partial charge in [0.25, 0.3) is 5.69 Å². The number of nitrogens with zero attached hydrogens (tertiary/aromatic N) is 1. The lowest BCUT2D eigenvalue weighted by atomic mass is 10.1. The standard InChI is InChI=1S/C13H18N2O3/c1-10-2-3-12(15(16)17)8-13(10)14-6-4-11-5-7-18-9-11/h2-3,8,11,14H,4-7,9H2,1H3. The van der Waals surface area contributed by atoms with Gasteiger partial charge in [-0.2, -0.15) is 0 Å². The average Bonchev–Trinajstić information content (AvgIpc) is 2.84. The number of ether oxygens (including phenoxy) is 1. The number of hydrogen-bond donors (Lipinski definition) is 1. The van der Waals surface area contributed by atoms with E-state index in [9.17, 15) is 10.1 Å². The van der Waals surface area contributed by atoms with Gasteiger partial charge in [0.05, 0.1) is 4.92 Å². The van der Waals surface area contributed by atoms with E-state index in [0.29, 0.717) is 5.92 Å². The molecule has 5 nitrogen and oxygen atoms in total. The monoisotopic (exact) mass is 250 g/mol. The van der Waals surface area contributed by atoms with E-state index >= 15 is 0 Å². The molecule has 1 aromatic carbocycles. The Hall–Kier alpha value is -1.62. The molecular formula is C13H18N2O3. The number of aryl methyl sites for hydroxylation is 1. The molecule has 98 valence electrons. The zero-order valence-corrected chi connectivity index (χ0v) is 10.5. The molecule has 0 saturated carbocycles. The SMILES string of the molecule is Cc1ccc([N+](=O)[O-])cc1NCCC1CCOC1. The first kappa shape index (κ1) is 12.8. The highest BCUT2D eigenvalue weighted by atomic mass is 16.6. The summed E-state index contributed by atoms with van der Waals surface area (Å²) in [4.78, 5) is 10.3. The van der Waals surface area contributed by atoms with Crippen molar-refractivity contribution < 1.29 is 9.66 Å². The Bertz CT molecular complexity index is 428. The topological polar surface area (TPSA) is 64.4 Å². The molecule has 0 radical (unpaired) electrons. The first-order chi connectivity index (χ1) is 8.66. The Morgan fingerprint density at radius 3 is 3.06 bits per heavy atom. The fourth-order valence-electron chi connectivity index (χ4n) is 2.14. The normalized spacial score (nSPS) is 18.8. The van der Waals surface area contributed by atoms with Gasteiger partial charge in [-0.3, -0.25) is 10.1 Å². The van der Waals surface area contributed by atoms with Gasteiger partial charge in [0.15, 0.2) is 0 Å². The predicted molar refractivity (Wildman–Crippen MR) is 69.9 cm³/mol. The minimum Gasteiger partial charge on any atom is -0.385 e. The summed E-state index contributed by atoms with van der Waals surface area (Å²) < 4.78 is 5.32. The second kappa shape index (κ2) is 5.82. The van der Waals surface area contributed by atoms with Crippen LogP contribution >= 0.6 is 0 Å². The largest absolute Gasteiger partial charge is 0.385 e. The third kappa shape index (κ3) is 3.20. The van der Waals surface area contributed by atoms with Crippen LogP contribution in [0.2, 0.25) is 0 Å². The van der Waals surface area contributed by atoms with Gasteiger partial charge < -0.3 is 10.1 Å². The van der Waals surface area contributed by atoms with Gasteiger partial charge in [-0.05, 0) is 31.2 Å². The molecule has 18 heavy (non-hydrogen) atoms. The molecule has 1 heterocycles. The molecule has 1 N–H and O–H groups in total. The van der Waals surface area contributed by atoms with Crippen molar-refractivity contribution in [3.8, 4) is 0 Å². The number of non-ortho nitro benzene ring substituents is 1. The Morgan fingerprint density at radius 2 is 2.39 bits per heavy atom. The zero-order chi connectivity index (χ0) is 13.0. The van der Waals surface area contributed by atoms with Crippen LogP contribution in [0.5, 0.6) is 0 Å². The van der Waals surface area contributed by atoms with Crippen molar-refractivity contribution >= 4 is 11.4 Å². The molecule has 0 amide bonds. The van der Waals surface area contributed by atoms with Crippen molar-refractivity contribution in [3.63, 3.8) is 0 Å². The van der Waals surface area contributed by atoms with Crippen molar-refractivity contribution in [2.24, 2.45) is 5.92 Å². The minimum absolute atomic E-state index is 0.132. The molecule has 1 fully saturated rings. The van der Waals surface area contributed by atoms with Crippen LogP contribution in [-0.2, 0) is 4.74 Å². The smallest absolute Gasteiger partial charge is 0.271 e. The van der Waals surface area contributed by atoms with E-state index in [2.05, 4.69) is 5.32 Å². The van der Waals surface area contributed by atoms with Gasteiger partial charge in [-0.15, -0.1) is 0 Å². The van der Waals surface area contributed by atoms with E-state index in [4.69, 9.17) is 4.74 Å². The highest BCUT2D eigenvalue weighted by Crippen LogP contribution is 2.22. The fourth-order valence-corrected chi connectivity index (χ4v) is 2.14. The quantitative estimate of drug-likeness (QED) is 0.644. The highest BCUT2D eigenvalue weighted by molar-refractivity contribution is 5.56. The lowest BCUT2D eigenvalue weighted by Gasteiger charge is -2.11. The van der Waals surface area contributed by atoms with Crippen LogP contribution in [-0.4, -0.2) is 24.7 Å². The molecular weight excluding hydrogens is 232 g/mol. The second-order valence-electron chi connectivity index (χ2n) is 4.70. The van der Waals surface area contributed by atoms with E-state index in [-0.39, 0.29) is 10.6 Å². The Kier molecular flexibility index (Phi) is 4.15. The van der Waals surface area contributed by atoms with Gasteiger partial charge in [-0.25, -0.2) is 0 Å². The molecule has 0 spiro atoms. The summed E-state index contributed by atoms with van der Waals surface area (Å²) >= 11 is 0. The minimum atomic E-state index is -0.366. The summed E-state index contributed by atoms with van der Waals surface area (Å²) in [6.07, 6.45) is 2.16. The van der Waals surface area contributed by atoms with E-state index < -0.39 is 0 Å². The second-order valence-corrected chi connectivity index (χ2v) is 4.70. The van der Waals surface area contributed by atoms with E-state index in [1.807, 2.05) is 6.92 Å². The van der Waals surface area contributed by atoms with E-state index in [1.165, 1.54) is 6.07 Å². The summed E-state index contributed by atoms with van der Waals surface area (Å²) in [5, 5.41) is 14.0. The van der Waals surface area contributed by atoms with Gasteiger partial charge >= 0.3 is 0 Å². The van der Waals surface area contributed by atoms with Crippen LogP contribution in [0.4, 0.5) is 11.4 Å². The molecule has 5 heteroatoms. The maximum absolute atomic E-state index is 10.7. The number of nitro benzene ring substituents is 1. The Labute approximate surface area is 106 Å². The molecule has 1 unspecified atom stereocenters. The van der Waals surface area contributed by atoms with Crippen LogP contribution < -0.4 is 5.32 Å². The number of hydrogen-bond acceptors (Lipinski definition) is 4. The van der Waals surface area contributed by atoms with Crippen molar-refractivity contribution in [1.29, 1.82) is 0 Å².